The summed E-state index contributed by atoms with van der Waals surface area (Å²) in [5.74, 6) is 1.97. The molecule has 0 aliphatic rings. The van der Waals surface area contributed by atoms with E-state index in [4.69, 9.17) is 9.47 Å². The Morgan fingerprint density at radius 2 is 1.78 bits per heavy atom. The number of aryl methyl sites for hydroxylation is 3. The SMILES string of the molecule is CCOc1n[nH]c(C)c1Oc1cc(C)cc(C)c1. The van der Waals surface area contributed by atoms with Crippen molar-refractivity contribution < 1.29 is 9.47 Å². The highest BCUT2D eigenvalue weighted by atomic mass is 16.5. The van der Waals surface area contributed by atoms with Crippen LogP contribution >= 0.6 is 0 Å². The monoisotopic (exact) mass is 246 g/mol. The molecule has 0 aliphatic carbocycles. The van der Waals surface area contributed by atoms with Gasteiger partial charge in [-0.15, -0.1) is 5.10 Å². The van der Waals surface area contributed by atoms with E-state index in [0.29, 0.717) is 18.2 Å². The average Bonchev–Trinajstić information content (AvgIpc) is 2.61. The third-order valence-corrected chi connectivity index (χ3v) is 2.56. The molecule has 0 radical (unpaired) electrons. The number of aromatic amines is 1. The van der Waals surface area contributed by atoms with Gasteiger partial charge in [0.15, 0.2) is 0 Å². The van der Waals surface area contributed by atoms with Gasteiger partial charge in [-0.25, -0.2) is 0 Å². The highest BCUT2D eigenvalue weighted by Gasteiger charge is 2.14. The van der Waals surface area contributed by atoms with Crippen LogP contribution in [0.2, 0.25) is 0 Å². The van der Waals surface area contributed by atoms with Crippen molar-refractivity contribution in [2.45, 2.75) is 27.7 Å². The van der Waals surface area contributed by atoms with Gasteiger partial charge in [0.25, 0.3) is 5.88 Å². The van der Waals surface area contributed by atoms with E-state index in [1.165, 1.54) is 11.1 Å². The van der Waals surface area contributed by atoms with Crippen LogP contribution in [0.1, 0.15) is 23.7 Å². The molecule has 4 heteroatoms. The van der Waals surface area contributed by atoms with Crippen LogP contribution in [0.15, 0.2) is 18.2 Å². The van der Waals surface area contributed by atoms with Crippen LogP contribution in [0.5, 0.6) is 17.4 Å². The van der Waals surface area contributed by atoms with Crippen LogP contribution in [0.3, 0.4) is 0 Å². The van der Waals surface area contributed by atoms with E-state index in [0.717, 1.165) is 11.4 Å². The average molecular weight is 246 g/mol. The number of nitrogens with one attached hydrogen (secondary N) is 1. The van der Waals surface area contributed by atoms with Gasteiger partial charge in [0.2, 0.25) is 5.75 Å². The van der Waals surface area contributed by atoms with Gasteiger partial charge in [0, 0.05) is 0 Å². The van der Waals surface area contributed by atoms with Crippen molar-refractivity contribution in [1.29, 1.82) is 0 Å². The molecule has 0 aliphatic heterocycles. The van der Waals surface area contributed by atoms with Crippen molar-refractivity contribution in [1.82, 2.24) is 10.2 Å². The lowest BCUT2D eigenvalue weighted by atomic mass is 10.1. The van der Waals surface area contributed by atoms with Gasteiger partial charge in [-0.05, 0) is 51.0 Å². The minimum Gasteiger partial charge on any atom is -0.474 e. The maximum absolute atomic E-state index is 5.88. The highest BCUT2D eigenvalue weighted by molar-refractivity contribution is 5.43. The Labute approximate surface area is 107 Å². The standard InChI is InChI=1S/C14H18N2O2/c1-5-17-14-13(11(4)15-16-14)18-12-7-9(2)6-10(3)8-12/h6-8H,5H2,1-4H3,(H,15,16). The minimum atomic E-state index is 0.508. The molecule has 18 heavy (non-hydrogen) atoms. The summed E-state index contributed by atoms with van der Waals surface area (Å²) < 4.78 is 11.3. The van der Waals surface area contributed by atoms with E-state index in [-0.39, 0.29) is 0 Å². The first-order valence-electron chi connectivity index (χ1n) is 6.04. The number of aromatic nitrogens is 2. The number of H-pyrrole nitrogens is 1. The maximum Gasteiger partial charge on any atom is 0.276 e. The van der Waals surface area contributed by atoms with Crippen molar-refractivity contribution in [3.63, 3.8) is 0 Å². The summed E-state index contributed by atoms with van der Waals surface area (Å²) in [4.78, 5) is 0. The molecule has 4 nitrogen and oxygen atoms in total. The zero-order chi connectivity index (χ0) is 13.1. The summed E-state index contributed by atoms with van der Waals surface area (Å²) in [7, 11) is 0. The molecule has 0 fully saturated rings. The zero-order valence-electron chi connectivity index (χ0n) is 11.2. The number of ether oxygens (including phenoxy) is 2. The Morgan fingerprint density at radius 1 is 1.11 bits per heavy atom. The predicted octanol–water partition coefficient (Wildman–Crippen LogP) is 3.53. The Kier molecular flexibility index (Phi) is 3.55. The topological polar surface area (TPSA) is 47.1 Å². The summed E-state index contributed by atoms with van der Waals surface area (Å²) in [6, 6.07) is 6.10. The minimum absolute atomic E-state index is 0.508. The summed E-state index contributed by atoms with van der Waals surface area (Å²) >= 11 is 0. The Bertz CT molecular complexity index is 526. The van der Waals surface area contributed by atoms with Crippen molar-refractivity contribution in [2.24, 2.45) is 0 Å². The lowest BCUT2D eigenvalue weighted by Crippen LogP contribution is -1.94. The van der Waals surface area contributed by atoms with Crippen molar-refractivity contribution in [3.05, 3.63) is 35.0 Å². The van der Waals surface area contributed by atoms with E-state index in [2.05, 4.69) is 16.3 Å². The molecule has 1 aromatic carbocycles. The quantitative estimate of drug-likeness (QED) is 0.897. The van der Waals surface area contributed by atoms with Crippen molar-refractivity contribution in [3.8, 4) is 17.4 Å². The van der Waals surface area contributed by atoms with E-state index < -0.39 is 0 Å². The molecule has 0 saturated carbocycles. The smallest absolute Gasteiger partial charge is 0.276 e. The lowest BCUT2D eigenvalue weighted by molar-refractivity contribution is 0.309. The number of hydrogen-bond acceptors (Lipinski definition) is 3. The Hall–Kier alpha value is -1.97. The van der Waals surface area contributed by atoms with Gasteiger partial charge in [0.05, 0.1) is 12.3 Å². The van der Waals surface area contributed by atoms with Gasteiger partial charge in [-0.3, -0.25) is 5.10 Å². The van der Waals surface area contributed by atoms with Crippen LogP contribution in [0, 0.1) is 20.8 Å². The summed E-state index contributed by atoms with van der Waals surface area (Å²) in [5, 5.41) is 6.95. The van der Waals surface area contributed by atoms with Gasteiger partial charge in [-0.1, -0.05) is 6.07 Å². The first-order valence-corrected chi connectivity index (χ1v) is 6.04. The second kappa shape index (κ2) is 5.12. The number of nitrogens with zero attached hydrogens (tertiary/aromatic N) is 1. The molecule has 2 aromatic rings. The number of benzene rings is 1. The van der Waals surface area contributed by atoms with E-state index in [1.54, 1.807) is 0 Å². The third-order valence-electron chi connectivity index (χ3n) is 2.56. The van der Waals surface area contributed by atoms with Crippen LogP contribution in [-0.4, -0.2) is 16.8 Å². The first kappa shape index (κ1) is 12.5. The molecule has 0 spiro atoms. The largest absolute Gasteiger partial charge is 0.474 e. The summed E-state index contributed by atoms with van der Waals surface area (Å²) in [6.07, 6.45) is 0. The number of rotatable bonds is 4. The van der Waals surface area contributed by atoms with E-state index >= 15 is 0 Å². The fraction of sp³-hybridized carbons (Fsp3) is 0.357. The van der Waals surface area contributed by atoms with Crippen LogP contribution in [-0.2, 0) is 0 Å². The second-order valence-electron chi connectivity index (χ2n) is 4.34. The van der Waals surface area contributed by atoms with E-state index in [1.807, 2.05) is 39.8 Å². The molecule has 0 amide bonds. The third kappa shape index (κ3) is 2.64. The van der Waals surface area contributed by atoms with Crippen LogP contribution in [0.25, 0.3) is 0 Å². The molecule has 1 N–H and O–H groups in total. The normalized spacial score (nSPS) is 10.4. The summed E-state index contributed by atoms with van der Waals surface area (Å²) in [5.41, 5.74) is 3.20. The fourth-order valence-corrected chi connectivity index (χ4v) is 1.86. The van der Waals surface area contributed by atoms with Gasteiger partial charge in [-0.2, -0.15) is 0 Å². The highest BCUT2D eigenvalue weighted by Crippen LogP contribution is 2.33. The summed E-state index contributed by atoms with van der Waals surface area (Å²) in [6.45, 7) is 8.49. The second-order valence-corrected chi connectivity index (χ2v) is 4.34. The van der Waals surface area contributed by atoms with Crippen LogP contribution < -0.4 is 9.47 Å². The maximum atomic E-state index is 5.88. The molecular formula is C14H18N2O2. The van der Waals surface area contributed by atoms with Gasteiger partial charge < -0.3 is 9.47 Å². The molecule has 2 rings (SSSR count). The van der Waals surface area contributed by atoms with Crippen LogP contribution in [0.4, 0.5) is 0 Å². The molecule has 0 bridgehead atoms. The molecular weight excluding hydrogens is 228 g/mol. The predicted molar refractivity (Wildman–Crippen MR) is 70.5 cm³/mol. The molecule has 0 saturated heterocycles. The Morgan fingerprint density at radius 3 is 2.39 bits per heavy atom. The molecule has 96 valence electrons. The molecule has 0 unspecified atom stereocenters. The molecule has 1 aromatic heterocycles. The molecule has 0 atom stereocenters. The lowest BCUT2D eigenvalue weighted by Gasteiger charge is -2.08. The van der Waals surface area contributed by atoms with Crippen molar-refractivity contribution in [2.75, 3.05) is 6.61 Å². The first-order chi connectivity index (χ1) is 8.60. The zero-order valence-corrected chi connectivity index (χ0v) is 11.2. The van der Waals surface area contributed by atoms with Gasteiger partial charge in [0.1, 0.15) is 5.75 Å². The molecule has 1 heterocycles. The number of hydrogen-bond donors (Lipinski definition) is 1. The van der Waals surface area contributed by atoms with E-state index in [9.17, 15) is 0 Å². The Balaban J connectivity index is 2.30. The van der Waals surface area contributed by atoms with Crippen molar-refractivity contribution >= 4 is 0 Å². The fourth-order valence-electron chi connectivity index (χ4n) is 1.86. The van der Waals surface area contributed by atoms with Gasteiger partial charge >= 0.3 is 0 Å².